The molecule has 0 aliphatic rings. The topological polar surface area (TPSA) is 52.3 Å². The molecule has 0 heterocycles. The zero-order valence-corrected chi connectivity index (χ0v) is 10.6. The molecule has 94 valence electrons. The van der Waals surface area contributed by atoms with E-state index in [-0.39, 0.29) is 5.82 Å². The van der Waals surface area contributed by atoms with Crippen LogP contribution in [-0.4, -0.2) is 13.1 Å². The Labute approximate surface area is 101 Å². The van der Waals surface area contributed by atoms with E-state index in [1.807, 2.05) is 0 Å². The predicted molar refractivity (Wildman–Crippen MR) is 63.9 cm³/mol. The van der Waals surface area contributed by atoms with Crippen LogP contribution in [0.5, 0.6) is 0 Å². The molecule has 4 heteroatoms. The molecule has 0 bridgehead atoms. The summed E-state index contributed by atoms with van der Waals surface area (Å²) in [6.45, 7) is 5.03. The lowest BCUT2D eigenvalue weighted by atomic mass is 9.79. The van der Waals surface area contributed by atoms with E-state index in [1.165, 1.54) is 13.2 Å². The number of hydrogen-bond acceptors (Lipinski definition) is 3. The summed E-state index contributed by atoms with van der Waals surface area (Å²) >= 11 is 0. The highest BCUT2D eigenvalue weighted by molar-refractivity contribution is 5.77. The number of esters is 1. The van der Waals surface area contributed by atoms with Crippen molar-refractivity contribution in [1.82, 2.24) is 0 Å². The van der Waals surface area contributed by atoms with Gasteiger partial charge in [-0.1, -0.05) is 12.1 Å². The summed E-state index contributed by atoms with van der Waals surface area (Å²) in [7, 11) is 1.31. The Bertz CT molecular complexity index is 429. The van der Waals surface area contributed by atoms with Gasteiger partial charge in [0, 0.05) is 6.04 Å². The molecule has 0 saturated carbocycles. The van der Waals surface area contributed by atoms with E-state index < -0.39 is 17.4 Å². The summed E-state index contributed by atoms with van der Waals surface area (Å²) in [5.41, 5.74) is 6.25. The molecule has 0 aliphatic heterocycles. The maximum Gasteiger partial charge on any atom is 0.313 e. The predicted octanol–water partition coefficient (Wildman–Crippen LogP) is 2.33. The molecule has 0 fully saturated rings. The van der Waals surface area contributed by atoms with Gasteiger partial charge in [-0.3, -0.25) is 4.79 Å². The summed E-state index contributed by atoms with van der Waals surface area (Å²) in [4.78, 5) is 11.6. The molecule has 0 saturated heterocycles. The van der Waals surface area contributed by atoms with Gasteiger partial charge in [-0.15, -0.1) is 0 Å². The van der Waals surface area contributed by atoms with E-state index in [4.69, 9.17) is 10.5 Å². The molecule has 0 amide bonds. The second kappa shape index (κ2) is 4.84. The van der Waals surface area contributed by atoms with Crippen molar-refractivity contribution in [2.24, 2.45) is 11.1 Å². The van der Waals surface area contributed by atoms with Crippen molar-refractivity contribution >= 4 is 5.97 Å². The van der Waals surface area contributed by atoms with Crippen molar-refractivity contribution in [3.8, 4) is 0 Å². The van der Waals surface area contributed by atoms with Crippen LogP contribution in [0.25, 0.3) is 0 Å². The van der Waals surface area contributed by atoms with E-state index >= 15 is 0 Å². The highest BCUT2D eigenvalue weighted by Crippen LogP contribution is 2.34. The Balaban J connectivity index is 3.16. The molecule has 1 aromatic rings. The smallest absolute Gasteiger partial charge is 0.313 e. The number of halogens is 1. The Morgan fingerprint density at radius 3 is 2.59 bits per heavy atom. The first-order chi connectivity index (χ1) is 7.82. The van der Waals surface area contributed by atoms with Crippen molar-refractivity contribution in [2.75, 3.05) is 7.11 Å². The molecule has 0 aliphatic carbocycles. The number of carbonyl (C=O) groups is 1. The fourth-order valence-corrected chi connectivity index (χ4v) is 1.74. The largest absolute Gasteiger partial charge is 0.469 e. The third kappa shape index (κ3) is 2.47. The molecule has 0 unspecified atom stereocenters. The van der Waals surface area contributed by atoms with Gasteiger partial charge in [-0.25, -0.2) is 4.39 Å². The van der Waals surface area contributed by atoms with Gasteiger partial charge in [0.25, 0.3) is 0 Å². The first-order valence-corrected chi connectivity index (χ1v) is 5.41. The van der Waals surface area contributed by atoms with Crippen molar-refractivity contribution in [2.45, 2.75) is 26.8 Å². The summed E-state index contributed by atoms with van der Waals surface area (Å²) in [6, 6.07) is 4.08. The van der Waals surface area contributed by atoms with E-state index in [9.17, 15) is 9.18 Å². The monoisotopic (exact) mass is 239 g/mol. The number of nitrogens with two attached hydrogens (primary N) is 1. The molecule has 1 aromatic carbocycles. The summed E-state index contributed by atoms with van der Waals surface area (Å²) in [6.07, 6.45) is 0. The summed E-state index contributed by atoms with van der Waals surface area (Å²) < 4.78 is 18.2. The molecule has 17 heavy (non-hydrogen) atoms. The van der Waals surface area contributed by atoms with Gasteiger partial charge in [-0.2, -0.15) is 0 Å². The molecule has 0 aromatic heterocycles. The number of benzene rings is 1. The Hall–Kier alpha value is -1.42. The van der Waals surface area contributed by atoms with E-state index in [0.29, 0.717) is 11.1 Å². The quantitative estimate of drug-likeness (QED) is 0.824. The minimum atomic E-state index is -0.896. The van der Waals surface area contributed by atoms with Gasteiger partial charge < -0.3 is 10.5 Å². The van der Waals surface area contributed by atoms with Crippen molar-refractivity contribution in [1.29, 1.82) is 0 Å². The lowest BCUT2D eigenvalue weighted by Gasteiger charge is -2.30. The molecule has 1 atom stereocenters. The SMILES string of the molecule is COC(=O)C(C)(C)[C@H](N)c1cccc(F)c1C. The second-order valence-corrected chi connectivity index (χ2v) is 4.65. The summed E-state index contributed by atoms with van der Waals surface area (Å²) in [5, 5.41) is 0. The standard InChI is InChI=1S/C13H18FNO2/c1-8-9(6-5-7-10(8)14)11(15)13(2,3)12(16)17-4/h5-7,11H,15H2,1-4H3/t11-/m1/s1. The lowest BCUT2D eigenvalue weighted by molar-refractivity contribution is -0.152. The van der Waals surface area contributed by atoms with Crippen molar-refractivity contribution in [3.63, 3.8) is 0 Å². The van der Waals surface area contributed by atoms with Crippen molar-refractivity contribution < 1.29 is 13.9 Å². The Kier molecular flexibility index (Phi) is 3.88. The van der Waals surface area contributed by atoms with Gasteiger partial charge in [0.15, 0.2) is 0 Å². The minimum Gasteiger partial charge on any atom is -0.469 e. The molecule has 1 rings (SSSR count). The van der Waals surface area contributed by atoms with Gasteiger partial charge >= 0.3 is 5.97 Å². The molecule has 3 nitrogen and oxygen atoms in total. The number of rotatable bonds is 3. The van der Waals surface area contributed by atoms with Crippen LogP contribution in [-0.2, 0) is 9.53 Å². The lowest BCUT2D eigenvalue weighted by Crippen LogP contribution is -2.37. The molecule has 0 radical (unpaired) electrons. The molecular formula is C13H18FNO2. The number of methoxy groups -OCH3 is 1. The zero-order valence-electron chi connectivity index (χ0n) is 10.6. The van der Waals surface area contributed by atoms with E-state index in [0.717, 1.165) is 0 Å². The van der Waals surface area contributed by atoms with Gasteiger partial charge in [0.05, 0.1) is 12.5 Å². The molecule has 2 N–H and O–H groups in total. The van der Waals surface area contributed by atoms with Gasteiger partial charge in [0.1, 0.15) is 5.82 Å². The van der Waals surface area contributed by atoms with Gasteiger partial charge in [0.2, 0.25) is 0 Å². The first kappa shape index (κ1) is 13.6. The summed E-state index contributed by atoms with van der Waals surface area (Å²) in [5.74, 6) is -0.729. The second-order valence-electron chi connectivity index (χ2n) is 4.65. The van der Waals surface area contributed by atoms with Crippen LogP contribution >= 0.6 is 0 Å². The maximum atomic E-state index is 13.4. The van der Waals surface area contributed by atoms with Crippen LogP contribution in [0, 0.1) is 18.2 Å². The van der Waals surface area contributed by atoms with Crippen molar-refractivity contribution in [3.05, 3.63) is 35.1 Å². The molecule has 0 spiro atoms. The van der Waals surface area contributed by atoms with Crippen LogP contribution in [0.15, 0.2) is 18.2 Å². The molecular weight excluding hydrogens is 221 g/mol. The average Bonchev–Trinajstić information content (AvgIpc) is 2.30. The normalized spacial score (nSPS) is 13.3. The zero-order chi connectivity index (χ0) is 13.2. The van der Waals surface area contributed by atoms with Gasteiger partial charge in [-0.05, 0) is 38.0 Å². The van der Waals surface area contributed by atoms with E-state index in [2.05, 4.69) is 0 Å². The highest BCUT2D eigenvalue weighted by atomic mass is 19.1. The first-order valence-electron chi connectivity index (χ1n) is 5.41. The fraction of sp³-hybridized carbons (Fsp3) is 0.462. The number of hydrogen-bond donors (Lipinski definition) is 1. The van der Waals surface area contributed by atoms with Crippen LogP contribution in [0.1, 0.15) is 31.0 Å². The van der Waals surface area contributed by atoms with Crippen LogP contribution < -0.4 is 5.73 Å². The minimum absolute atomic E-state index is 0.321. The highest BCUT2D eigenvalue weighted by Gasteiger charge is 2.37. The maximum absolute atomic E-state index is 13.4. The Morgan fingerprint density at radius 2 is 2.06 bits per heavy atom. The number of carbonyl (C=O) groups excluding carboxylic acids is 1. The van der Waals surface area contributed by atoms with E-state index in [1.54, 1.807) is 32.9 Å². The number of ether oxygens (including phenoxy) is 1. The van der Waals surface area contributed by atoms with Crippen LogP contribution in [0.2, 0.25) is 0 Å². The Morgan fingerprint density at radius 1 is 1.47 bits per heavy atom. The van der Waals surface area contributed by atoms with Crippen LogP contribution in [0.3, 0.4) is 0 Å². The average molecular weight is 239 g/mol. The third-order valence-electron chi connectivity index (χ3n) is 3.13. The fourth-order valence-electron chi connectivity index (χ4n) is 1.74. The third-order valence-corrected chi connectivity index (χ3v) is 3.13. The van der Waals surface area contributed by atoms with Crippen LogP contribution in [0.4, 0.5) is 4.39 Å².